The van der Waals surface area contributed by atoms with E-state index in [1.165, 1.54) is 23.5 Å². The molecule has 1 heterocycles. The highest BCUT2D eigenvalue weighted by molar-refractivity contribution is 7.22. The first-order valence-corrected chi connectivity index (χ1v) is 8.47. The molecular weight excluding hydrogens is 342 g/mol. The highest BCUT2D eigenvalue weighted by Crippen LogP contribution is 2.29. The van der Waals surface area contributed by atoms with Crippen LogP contribution in [0.2, 0.25) is 0 Å². The van der Waals surface area contributed by atoms with E-state index < -0.39 is 4.92 Å². The summed E-state index contributed by atoms with van der Waals surface area (Å²) in [4.78, 5) is 27.0. The van der Waals surface area contributed by atoms with Crippen LogP contribution in [0.15, 0.2) is 42.5 Å². The van der Waals surface area contributed by atoms with Gasteiger partial charge in [-0.05, 0) is 30.7 Å². The number of nitro benzene ring substituents is 1. The number of rotatable bonds is 6. The molecule has 7 nitrogen and oxygen atoms in total. The maximum atomic E-state index is 12.4. The van der Waals surface area contributed by atoms with Gasteiger partial charge < -0.3 is 4.74 Å². The second-order valence-corrected chi connectivity index (χ2v) is 6.29. The maximum absolute atomic E-state index is 12.4. The lowest BCUT2D eigenvalue weighted by Gasteiger charge is -2.06. The number of anilines is 1. The number of hydrogen-bond donors (Lipinski definition) is 1. The van der Waals surface area contributed by atoms with E-state index in [9.17, 15) is 14.9 Å². The van der Waals surface area contributed by atoms with Gasteiger partial charge in [0, 0.05) is 17.7 Å². The van der Waals surface area contributed by atoms with Crippen LogP contribution in [-0.2, 0) is 0 Å². The molecule has 25 heavy (non-hydrogen) atoms. The maximum Gasteiger partial charge on any atom is 0.270 e. The molecule has 1 amide bonds. The summed E-state index contributed by atoms with van der Waals surface area (Å²) in [6.45, 7) is 2.59. The molecule has 3 aromatic rings. The monoisotopic (exact) mass is 357 g/mol. The lowest BCUT2D eigenvalue weighted by Crippen LogP contribution is -2.11. The van der Waals surface area contributed by atoms with E-state index in [4.69, 9.17) is 4.74 Å². The molecule has 0 atom stereocenters. The van der Waals surface area contributed by atoms with E-state index in [1.807, 2.05) is 6.92 Å². The number of benzene rings is 2. The summed E-state index contributed by atoms with van der Waals surface area (Å²) in [5.41, 5.74) is 1.06. The van der Waals surface area contributed by atoms with Crippen LogP contribution >= 0.6 is 11.3 Å². The minimum absolute atomic E-state index is 0.00481. The number of aromatic nitrogens is 1. The highest BCUT2D eigenvalue weighted by atomic mass is 32.1. The second kappa shape index (κ2) is 7.27. The summed E-state index contributed by atoms with van der Waals surface area (Å²) < 4.78 is 6.17. The summed E-state index contributed by atoms with van der Waals surface area (Å²) in [7, 11) is 0. The predicted molar refractivity (Wildman–Crippen MR) is 96.5 cm³/mol. The number of nitrogens with zero attached hydrogens (tertiary/aromatic N) is 2. The van der Waals surface area contributed by atoms with Crippen molar-refractivity contribution in [3.63, 3.8) is 0 Å². The molecule has 0 radical (unpaired) electrons. The Balaban J connectivity index is 1.78. The fourth-order valence-electron chi connectivity index (χ4n) is 2.20. The molecule has 0 aliphatic heterocycles. The third-order valence-corrected chi connectivity index (χ3v) is 4.31. The number of amides is 1. The smallest absolute Gasteiger partial charge is 0.270 e. The van der Waals surface area contributed by atoms with Crippen molar-refractivity contribution in [3.8, 4) is 5.75 Å². The van der Waals surface area contributed by atoms with Crippen LogP contribution in [0.1, 0.15) is 23.7 Å². The van der Waals surface area contributed by atoms with Gasteiger partial charge >= 0.3 is 0 Å². The number of nitrogens with one attached hydrogen (secondary N) is 1. The number of nitro groups is 1. The van der Waals surface area contributed by atoms with Gasteiger partial charge in [-0.25, -0.2) is 4.98 Å². The number of carbonyl (C=O) groups excluding carboxylic acids is 1. The van der Waals surface area contributed by atoms with Crippen molar-refractivity contribution < 1.29 is 14.5 Å². The number of non-ortho nitro benzene ring substituents is 1. The predicted octanol–water partition coefficient (Wildman–Crippen LogP) is 4.25. The van der Waals surface area contributed by atoms with Crippen LogP contribution in [-0.4, -0.2) is 22.4 Å². The molecular formula is C17H15N3O4S. The standard InChI is InChI=1S/C17H15N3O4S/c1-2-8-24-13-5-3-4-11(9-13)16(21)19-17-18-14-7-6-12(20(22)23)10-15(14)25-17/h3-7,9-10H,2,8H2,1H3,(H,18,19,21). The van der Waals surface area contributed by atoms with E-state index in [-0.39, 0.29) is 11.6 Å². The van der Waals surface area contributed by atoms with Gasteiger partial charge in [-0.1, -0.05) is 24.3 Å². The SMILES string of the molecule is CCCOc1cccc(C(=O)Nc2nc3ccc([N+](=O)[O-])cc3s2)c1. The Labute approximate surface area is 147 Å². The molecule has 8 heteroatoms. The van der Waals surface area contributed by atoms with Crippen molar-refractivity contribution in [2.75, 3.05) is 11.9 Å². The van der Waals surface area contributed by atoms with Crippen molar-refractivity contribution >= 4 is 38.3 Å². The first-order valence-electron chi connectivity index (χ1n) is 7.66. The van der Waals surface area contributed by atoms with E-state index in [2.05, 4.69) is 10.3 Å². The minimum Gasteiger partial charge on any atom is -0.494 e. The topological polar surface area (TPSA) is 94.4 Å². The van der Waals surface area contributed by atoms with Crippen LogP contribution in [0.25, 0.3) is 10.2 Å². The third kappa shape index (κ3) is 3.92. The molecule has 0 aliphatic rings. The van der Waals surface area contributed by atoms with Crippen LogP contribution in [0, 0.1) is 10.1 Å². The van der Waals surface area contributed by atoms with Crippen molar-refractivity contribution in [2.24, 2.45) is 0 Å². The average Bonchev–Trinajstić information content (AvgIpc) is 3.01. The zero-order valence-electron chi connectivity index (χ0n) is 13.4. The number of fused-ring (bicyclic) bond motifs is 1. The van der Waals surface area contributed by atoms with Gasteiger partial charge in [-0.15, -0.1) is 0 Å². The number of ether oxygens (including phenoxy) is 1. The highest BCUT2D eigenvalue weighted by Gasteiger charge is 2.13. The summed E-state index contributed by atoms with van der Waals surface area (Å²) >= 11 is 1.19. The largest absolute Gasteiger partial charge is 0.494 e. The van der Waals surface area contributed by atoms with E-state index in [0.717, 1.165) is 6.42 Å². The van der Waals surface area contributed by atoms with Gasteiger partial charge in [0.15, 0.2) is 5.13 Å². The van der Waals surface area contributed by atoms with Crippen LogP contribution in [0.5, 0.6) is 5.75 Å². The van der Waals surface area contributed by atoms with Crippen molar-refractivity contribution in [3.05, 3.63) is 58.1 Å². The van der Waals surface area contributed by atoms with Crippen molar-refractivity contribution in [1.29, 1.82) is 0 Å². The van der Waals surface area contributed by atoms with Crippen LogP contribution in [0.4, 0.5) is 10.8 Å². The van der Waals surface area contributed by atoms with Crippen molar-refractivity contribution in [2.45, 2.75) is 13.3 Å². The fourth-order valence-corrected chi connectivity index (χ4v) is 3.09. The number of carbonyl (C=O) groups is 1. The molecule has 0 saturated heterocycles. The van der Waals surface area contributed by atoms with E-state index in [1.54, 1.807) is 30.3 Å². The van der Waals surface area contributed by atoms with Gasteiger partial charge in [-0.3, -0.25) is 20.2 Å². The Bertz CT molecular complexity index is 939. The Hall–Kier alpha value is -3.00. The molecule has 0 spiro atoms. The van der Waals surface area contributed by atoms with Gasteiger partial charge in [0.25, 0.3) is 11.6 Å². The van der Waals surface area contributed by atoms with Gasteiger partial charge in [-0.2, -0.15) is 0 Å². The summed E-state index contributed by atoms with van der Waals surface area (Å²) in [5.74, 6) is 0.324. The normalized spacial score (nSPS) is 10.6. The quantitative estimate of drug-likeness (QED) is 0.526. The molecule has 1 aromatic heterocycles. The zero-order valence-corrected chi connectivity index (χ0v) is 14.2. The summed E-state index contributed by atoms with van der Waals surface area (Å²) in [6.07, 6.45) is 0.883. The molecule has 3 rings (SSSR count). The Kier molecular flexibility index (Phi) is 4.90. The third-order valence-electron chi connectivity index (χ3n) is 3.37. The molecule has 1 N–H and O–H groups in total. The lowest BCUT2D eigenvalue weighted by atomic mass is 10.2. The van der Waals surface area contributed by atoms with Gasteiger partial charge in [0.1, 0.15) is 5.75 Å². The Morgan fingerprint density at radius 2 is 2.16 bits per heavy atom. The fraction of sp³-hybridized carbons (Fsp3) is 0.176. The van der Waals surface area contributed by atoms with E-state index in [0.29, 0.717) is 33.3 Å². The van der Waals surface area contributed by atoms with Crippen LogP contribution < -0.4 is 10.1 Å². The Morgan fingerprint density at radius 1 is 1.32 bits per heavy atom. The molecule has 0 unspecified atom stereocenters. The number of hydrogen-bond acceptors (Lipinski definition) is 6. The summed E-state index contributed by atoms with van der Waals surface area (Å²) in [5, 5.41) is 13.9. The van der Waals surface area contributed by atoms with Gasteiger partial charge in [0.05, 0.1) is 21.7 Å². The first-order chi connectivity index (χ1) is 12.1. The molecule has 2 aromatic carbocycles. The lowest BCUT2D eigenvalue weighted by molar-refractivity contribution is -0.384. The molecule has 0 aliphatic carbocycles. The first kappa shape index (κ1) is 16.8. The number of thiazole rings is 1. The molecule has 0 saturated carbocycles. The van der Waals surface area contributed by atoms with Gasteiger partial charge in [0.2, 0.25) is 0 Å². The summed E-state index contributed by atoms with van der Waals surface area (Å²) in [6, 6.07) is 11.3. The van der Waals surface area contributed by atoms with Crippen molar-refractivity contribution in [1.82, 2.24) is 4.98 Å². The Morgan fingerprint density at radius 3 is 2.92 bits per heavy atom. The molecule has 0 fully saturated rings. The van der Waals surface area contributed by atoms with Crippen LogP contribution in [0.3, 0.4) is 0 Å². The molecule has 0 bridgehead atoms. The minimum atomic E-state index is -0.459. The zero-order chi connectivity index (χ0) is 17.8. The molecule has 128 valence electrons. The van der Waals surface area contributed by atoms with E-state index >= 15 is 0 Å². The average molecular weight is 357 g/mol. The second-order valence-electron chi connectivity index (χ2n) is 5.26.